The Morgan fingerprint density at radius 3 is 2.14 bits per heavy atom. The van der Waals surface area contributed by atoms with Gasteiger partial charge in [-0.15, -0.1) is 0 Å². The normalized spacial score (nSPS) is 13.1. The van der Waals surface area contributed by atoms with E-state index in [0.717, 1.165) is 6.42 Å². The fourth-order valence-corrected chi connectivity index (χ4v) is 3.17. The van der Waals surface area contributed by atoms with Gasteiger partial charge >= 0.3 is 0 Å². The van der Waals surface area contributed by atoms with Gasteiger partial charge in [-0.25, -0.2) is 0 Å². The first-order valence-corrected chi connectivity index (χ1v) is 8.26. The smallest absolute Gasteiger partial charge is 0.0273 e. The topological polar surface area (TPSA) is 0 Å². The molecule has 0 unspecified atom stereocenters. The lowest BCUT2D eigenvalue weighted by Gasteiger charge is -2.17. The quantitative estimate of drug-likeness (QED) is 0.625. The Labute approximate surface area is 130 Å². The lowest BCUT2D eigenvalue weighted by Crippen LogP contribution is -2.03. The van der Waals surface area contributed by atoms with Crippen molar-refractivity contribution in [2.24, 2.45) is 0 Å². The maximum Gasteiger partial charge on any atom is -0.0273 e. The van der Waals surface area contributed by atoms with Gasteiger partial charge in [0.05, 0.1) is 0 Å². The lowest BCUT2D eigenvalue weighted by atomic mass is 9.89. The van der Waals surface area contributed by atoms with Crippen molar-refractivity contribution in [1.29, 1.82) is 0 Å². The lowest BCUT2D eigenvalue weighted by molar-refractivity contribution is 0.682. The average molecular weight is 280 g/mol. The molecular formula is C21H28. The molecule has 0 N–H and O–H groups in total. The standard InChI is InChI=1S/C11H14.C10H14/c1-9-5-4-7-10-6-2-3-8-11(9)10;1-4-10-7-5-6-8(2)9(10)3/h4-5,7H,2-3,6,8H2,1H3;5-7H,4H2,1-3H3. The third-order valence-electron chi connectivity index (χ3n) is 4.73. The Kier molecular flexibility index (Phi) is 5.61. The molecule has 112 valence electrons. The zero-order chi connectivity index (χ0) is 15.2. The summed E-state index contributed by atoms with van der Waals surface area (Å²) < 4.78 is 0. The first-order chi connectivity index (χ1) is 10.1. The van der Waals surface area contributed by atoms with E-state index in [9.17, 15) is 0 Å². The summed E-state index contributed by atoms with van der Waals surface area (Å²) in [5.74, 6) is 0. The Bertz CT molecular complexity index is 593. The Hall–Kier alpha value is -1.56. The molecule has 0 saturated carbocycles. The minimum atomic E-state index is 1.15. The maximum absolute atomic E-state index is 2.28. The third-order valence-corrected chi connectivity index (χ3v) is 4.73. The number of rotatable bonds is 1. The molecule has 0 amide bonds. The number of hydrogen-bond acceptors (Lipinski definition) is 0. The third kappa shape index (κ3) is 3.97. The predicted octanol–water partition coefficient (Wildman–Crippen LogP) is 5.74. The molecule has 0 saturated heterocycles. The molecule has 0 heterocycles. The molecule has 0 atom stereocenters. The zero-order valence-electron chi connectivity index (χ0n) is 14.0. The molecule has 0 aliphatic heterocycles. The highest BCUT2D eigenvalue weighted by Crippen LogP contribution is 2.23. The Morgan fingerprint density at radius 1 is 0.810 bits per heavy atom. The molecular weight excluding hydrogens is 252 g/mol. The molecule has 0 bridgehead atoms. The molecule has 0 aromatic heterocycles. The van der Waals surface area contributed by atoms with Gasteiger partial charge in [0.2, 0.25) is 0 Å². The number of fused-ring (bicyclic) bond motifs is 1. The molecule has 21 heavy (non-hydrogen) atoms. The van der Waals surface area contributed by atoms with Gasteiger partial charge in [-0.2, -0.15) is 0 Å². The van der Waals surface area contributed by atoms with Crippen LogP contribution in [0, 0.1) is 20.8 Å². The Balaban J connectivity index is 0.000000155. The van der Waals surface area contributed by atoms with Gasteiger partial charge in [-0.05, 0) is 86.3 Å². The molecule has 0 nitrogen and oxygen atoms in total. The number of benzene rings is 2. The summed E-state index contributed by atoms with van der Waals surface area (Å²) in [6, 6.07) is 13.2. The van der Waals surface area contributed by atoms with Crippen LogP contribution in [0.5, 0.6) is 0 Å². The molecule has 0 heteroatoms. The van der Waals surface area contributed by atoms with E-state index in [1.807, 2.05) is 0 Å². The van der Waals surface area contributed by atoms with E-state index in [0.29, 0.717) is 0 Å². The van der Waals surface area contributed by atoms with Crippen LogP contribution in [-0.2, 0) is 19.3 Å². The van der Waals surface area contributed by atoms with Crippen molar-refractivity contribution in [2.75, 3.05) is 0 Å². The molecule has 0 radical (unpaired) electrons. The first kappa shape index (κ1) is 15.8. The van der Waals surface area contributed by atoms with E-state index >= 15 is 0 Å². The van der Waals surface area contributed by atoms with Crippen LogP contribution >= 0.6 is 0 Å². The Morgan fingerprint density at radius 2 is 1.48 bits per heavy atom. The second-order valence-corrected chi connectivity index (χ2v) is 6.13. The van der Waals surface area contributed by atoms with E-state index in [4.69, 9.17) is 0 Å². The SMILES string of the molecule is CCc1cccc(C)c1C.Cc1cccc2c1CCCC2. The van der Waals surface area contributed by atoms with Crippen LogP contribution in [0.1, 0.15) is 53.1 Å². The van der Waals surface area contributed by atoms with Crippen molar-refractivity contribution in [1.82, 2.24) is 0 Å². The van der Waals surface area contributed by atoms with Crippen molar-refractivity contribution in [3.63, 3.8) is 0 Å². The van der Waals surface area contributed by atoms with Crippen LogP contribution in [0.3, 0.4) is 0 Å². The molecule has 3 rings (SSSR count). The maximum atomic E-state index is 2.28. The summed E-state index contributed by atoms with van der Waals surface area (Å²) in [6.45, 7) is 8.77. The molecule has 2 aromatic carbocycles. The van der Waals surface area contributed by atoms with E-state index in [2.05, 4.69) is 64.1 Å². The van der Waals surface area contributed by atoms with Gasteiger partial charge in [0, 0.05) is 0 Å². The van der Waals surface area contributed by atoms with Gasteiger partial charge in [-0.3, -0.25) is 0 Å². The van der Waals surface area contributed by atoms with Gasteiger partial charge < -0.3 is 0 Å². The van der Waals surface area contributed by atoms with Crippen molar-refractivity contribution in [2.45, 2.75) is 59.8 Å². The van der Waals surface area contributed by atoms with Crippen LogP contribution in [0.15, 0.2) is 36.4 Å². The molecule has 1 aliphatic carbocycles. The summed E-state index contributed by atoms with van der Waals surface area (Å²) in [6.07, 6.45) is 6.53. The van der Waals surface area contributed by atoms with Crippen LogP contribution < -0.4 is 0 Å². The predicted molar refractivity (Wildman–Crippen MR) is 93.1 cm³/mol. The highest BCUT2D eigenvalue weighted by atomic mass is 14.1. The van der Waals surface area contributed by atoms with Gasteiger partial charge in [-0.1, -0.05) is 43.3 Å². The zero-order valence-corrected chi connectivity index (χ0v) is 14.0. The van der Waals surface area contributed by atoms with E-state index in [1.54, 1.807) is 11.1 Å². The van der Waals surface area contributed by atoms with Crippen molar-refractivity contribution < 1.29 is 0 Å². The van der Waals surface area contributed by atoms with Crippen molar-refractivity contribution in [3.05, 3.63) is 69.8 Å². The van der Waals surface area contributed by atoms with Crippen LogP contribution in [0.25, 0.3) is 0 Å². The van der Waals surface area contributed by atoms with Crippen LogP contribution in [0.2, 0.25) is 0 Å². The van der Waals surface area contributed by atoms with Crippen molar-refractivity contribution >= 4 is 0 Å². The number of hydrogen-bond donors (Lipinski definition) is 0. The fraction of sp³-hybridized carbons (Fsp3) is 0.429. The second kappa shape index (κ2) is 7.45. The van der Waals surface area contributed by atoms with Gasteiger partial charge in [0.1, 0.15) is 0 Å². The summed E-state index contributed by atoms with van der Waals surface area (Å²) >= 11 is 0. The summed E-state index contributed by atoms with van der Waals surface area (Å²) in [5.41, 5.74) is 9.03. The van der Waals surface area contributed by atoms with Crippen molar-refractivity contribution in [3.8, 4) is 0 Å². The molecule has 1 aliphatic rings. The van der Waals surface area contributed by atoms with Crippen LogP contribution in [-0.4, -0.2) is 0 Å². The summed E-state index contributed by atoms with van der Waals surface area (Å²) in [7, 11) is 0. The molecule has 0 spiro atoms. The summed E-state index contributed by atoms with van der Waals surface area (Å²) in [5, 5.41) is 0. The van der Waals surface area contributed by atoms with Crippen LogP contribution in [0.4, 0.5) is 0 Å². The van der Waals surface area contributed by atoms with E-state index < -0.39 is 0 Å². The minimum absolute atomic E-state index is 1.15. The summed E-state index contributed by atoms with van der Waals surface area (Å²) in [4.78, 5) is 0. The van der Waals surface area contributed by atoms with E-state index in [-0.39, 0.29) is 0 Å². The second-order valence-electron chi connectivity index (χ2n) is 6.13. The average Bonchev–Trinajstić information content (AvgIpc) is 2.51. The number of aryl methyl sites for hydroxylation is 4. The highest BCUT2D eigenvalue weighted by Gasteiger charge is 2.09. The largest absolute Gasteiger partial charge is 0.0617 e. The molecule has 0 fully saturated rings. The minimum Gasteiger partial charge on any atom is -0.0617 e. The van der Waals surface area contributed by atoms with Gasteiger partial charge in [0.15, 0.2) is 0 Å². The highest BCUT2D eigenvalue weighted by molar-refractivity contribution is 5.36. The fourth-order valence-electron chi connectivity index (χ4n) is 3.17. The molecule has 2 aromatic rings. The van der Waals surface area contributed by atoms with Gasteiger partial charge in [0.25, 0.3) is 0 Å². The van der Waals surface area contributed by atoms with E-state index in [1.165, 1.54) is 47.9 Å². The monoisotopic (exact) mass is 280 g/mol. The first-order valence-electron chi connectivity index (χ1n) is 8.26.